The molecule has 1 amide bonds. The van der Waals surface area contributed by atoms with Gasteiger partial charge in [0.15, 0.2) is 0 Å². The zero-order chi connectivity index (χ0) is 15.8. The summed E-state index contributed by atoms with van der Waals surface area (Å²) >= 11 is 1.77. The molecule has 1 N–H and O–H groups in total. The van der Waals surface area contributed by atoms with E-state index >= 15 is 0 Å². The van der Waals surface area contributed by atoms with Gasteiger partial charge in [-0.15, -0.1) is 11.3 Å². The summed E-state index contributed by atoms with van der Waals surface area (Å²) in [6, 6.07) is 0.361. The molecule has 2 aliphatic carbocycles. The van der Waals surface area contributed by atoms with Gasteiger partial charge in [0.1, 0.15) is 0 Å². The lowest BCUT2D eigenvalue weighted by molar-refractivity contribution is -0.128. The van der Waals surface area contributed by atoms with Gasteiger partial charge in [0.25, 0.3) is 0 Å². The summed E-state index contributed by atoms with van der Waals surface area (Å²) < 4.78 is 0. The first-order valence-corrected chi connectivity index (χ1v) is 10.1. The van der Waals surface area contributed by atoms with Crippen LogP contribution in [0.3, 0.4) is 0 Å². The fourth-order valence-corrected chi connectivity index (χ4v) is 4.72. The van der Waals surface area contributed by atoms with Crippen molar-refractivity contribution in [1.82, 2.24) is 15.2 Å². The number of likely N-dealkylation sites (tertiary alicyclic amines) is 1. The first kappa shape index (κ1) is 15.6. The van der Waals surface area contributed by atoms with Gasteiger partial charge in [-0.3, -0.25) is 9.69 Å². The van der Waals surface area contributed by atoms with Gasteiger partial charge in [-0.1, -0.05) is 13.3 Å². The van der Waals surface area contributed by atoms with Crippen LogP contribution < -0.4 is 5.32 Å². The van der Waals surface area contributed by atoms with Crippen LogP contribution in [0.25, 0.3) is 0 Å². The Bertz CT molecular complexity index is 564. The average molecular weight is 334 g/mol. The highest BCUT2D eigenvalue weighted by Gasteiger charge is 2.43. The smallest absolute Gasteiger partial charge is 0.223 e. The zero-order valence-electron chi connectivity index (χ0n) is 14.0. The SMILES string of the molecule is CCc1nc(CN2C[C@H](NC(=O)C3CCC3)[C@@H](C3CC3)C2)cs1. The largest absolute Gasteiger partial charge is 0.352 e. The van der Waals surface area contributed by atoms with Crippen molar-refractivity contribution in [3.8, 4) is 0 Å². The van der Waals surface area contributed by atoms with Crippen molar-refractivity contribution in [2.45, 2.75) is 58.0 Å². The van der Waals surface area contributed by atoms with Crippen LogP contribution in [0.4, 0.5) is 0 Å². The van der Waals surface area contributed by atoms with Crippen molar-refractivity contribution in [3.05, 3.63) is 16.1 Å². The van der Waals surface area contributed by atoms with Gasteiger partial charge in [0, 0.05) is 37.0 Å². The number of nitrogens with one attached hydrogen (secondary N) is 1. The molecule has 1 aromatic rings. The third-order valence-electron chi connectivity index (χ3n) is 5.76. The minimum Gasteiger partial charge on any atom is -0.352 e. The molecule has 3 fully saturated rings. The van der Waals surface area contributed by atoms with Gasteiger partial charge in [-0.2, -0.15) is 0 Å². The number of aromatic nitrogens is 1. The topological polar surface area (TPSA) is 45.2 Å². The van der Waals surface area contributed by atoms with Crippen LogP contribution in [-0.2, 0) is 17.8 Å². The van der Waals surface area contributed by atoms with Gasteiger partial charge in [0.2, 0.25) is 5.91 Å². The average Bonchev–Trinajstić information content (AvgIpc) is 3.10. The van der Waals surface area contributed by atoms with Crippen LogP contribution in [0.2, 0.25) is 0 Å². The van der Waals surface area contributed by atoms with Gasteiger partial charge in [-0.05, 0) is 43.9 Å². The minimum atomic E-state index is 0.301. The van der Waals surface area contributed by atoms with E-state index in [2.05, 4.69) is 22.5 Å². The molecule has 126 valence electrons. The zero-order valence-corrected chi connectivity index (χ0v) is 14.8. The summed E-state index contributed by atoms with van der Waals surface area (Å²) in [7, 11) is 0. The Morgan fingerprint density at radius 2 is 2.17 bits per heavy atom. The van der Waals surface area contributed by atoms with E-state index in [0.717, 1.165) is 44.8 Å². The molecule has 2 atom stereocenters. The molecule has 4 nitrogen and oxygen atoms in total. The standard InChI is InChI=1S/C18H27N3OS/c1-2-17-19-14(11-23-17)8-21-9-15(12-6-7-12)16(10-21)20-18(22)13-4-3-5-13/h11-13,15-16H,2-10H2,1H3,(H,20,22)/t15-,16+/m1/s1. The Morgan fingerprint density at radius 3 is 2.78 bits per heavy atom. The Morgan fingerprint density at radius 1 is 1.35 bits per heavy atom. The van der Waals surface area contributed by atoms with E-state index in [4.69, 9.17) is 4.98 Å². The Balaban J connectivity index is 1.37. The summed E-state index contributed by atoms with van der Waals surface area (Å²) in [6.07, 6.45) is 7.14. The first-order chi connectivity index (χ1) is 11.2. The molecule has 4 rings (SSSR count). The van der Waals surface area contributed by atoms with Crippen molar-refractivity contribution < 1.29 is 4.79 Å². The van der Waals surface area contributed by atoms with E-state index in [1.807, 2.05) is 0 Å². The van der Waals surface area contributed by atoms with Crippen molar-refractivity contribution >= 4 is 17.2 Å². The molecule has 2 heterocycles. The molecule has 0 spiro atoms. The lowest BCUT2D eigenvalue weighted by Gasteiger charge is -2.28. The van der Waals surface area contributed by atoms with Crippen LogP contribution >= 0.6 is 11.3 Å². The summed E-state index contributed by atoms with van der Waals surface area (Å²) in [5, 5.41) is 6.82. The number of carbonyl (C=O) groups is 1. The molecule has 3 aliphatic rings. The number of amides is 1. The predicted octanol–water partition coefficient (Wildman–Crippen LogP) is 2.83. The molecular weight excluding hydrogens is 306 g/mol. The number of rotatable bonds is 6. The second-order valence-electron chi connectivity index (χ2n) is 7.52. The first-order valence-electron chi connectivity index (χ1n) is 9.19. The van der Waals surface area contributed by atoms with Crippen molar-refractivity contribution in [3.63, 3.8) is 0 Å². The number of aryl methyl sites for hydroxylation is 1. The van der Waals surface area contributed by atoms with Crippen LogP contribution in [0.1, 0.15) is 49.7 Å². The molecule has 0 unspecified atom stereocenters. The molecular formula is C18H27N3OS. The van der Waals surface area contributed by atoms with Crippen molar-refractivity contribution in [2.24, 2.45) is 17.8 Å². The Kier molecular flexibility index (Phi) is 4.41. The highest BCUT2D eigenvalue weighted by Crippen LogP contribution is 2.42. The predicted molar refractivity (Wildman–Crippen MR) is 92.3 cm³/mol. The third-order valence-corrected chi connectivity index (χ3v) is 6.80. The second kappa shape index (κ2) is 6.52. The van der Waals surface area contributed by atoms with Gasteiger partial charge < -0.3 is 5.32 Å². The second-order valence-corrected chi connectivity index (χ2v) is 8.47. The summed E-state index contributed by atoms with van der Waals surface area (Å²) in [4.78, 5) is 19.5. The number of hydrogen-bond donors (Lipinski definition) is 1. The van der Waals surface area contributed by atoms with E-state index in [0.29, 0.717) is 23.8 Å². The maximum Gasteiger partial charge on any atom is 0.223 e. The number of hydrogen-bond acceptors (Lipinski definition) is 4. The number of carbonyl (C=O) groups excluding carboxylic acids is 1. The highest BCUT2D eigenvalue weighted by molar-refractivity contribution is 7.09. The minimum absolute atomic E-state index is 0.301. The van der Waals surface area contributed by atoms with E-state index in [9.17, 15) is 4.79 Å². The normalized spacial score (nSPS) is 28.7. The summed E-state index contributed by atoms with van der Waals surface area (Å²) in [5.41, 5.74) is 1.20. The lowest BCUT2D eigenvalue weighted by Crippen LogP contribution is -2.45. The summed E-state index contributed by atoms with van der Waals surface area (Å²) in [5.74, 6) is 2.11. The van der Waals surface area contributed by atoms with Gasteiger partial charge in [-0.25, -0.2) is 4.98 Å². The molecule has 0 radical (unpaired) electrons. The lowest BCUT2D eigenvalue weighted by atomic mass is 9.84. The fraction of sp³-hybridized carbons (Fsp3) is 0.778. The van der Waals surface area contributed by atoms with Crippen molar-refractivity contribution in [2.75, 3.05) is 13.1 Å². The van der Waals surface area contributed by atoms with Crippen LogP contribution in [0, 0.1) is 17.8 Å². The fourth-order valence-electron chi connectivity index (χ4n) is 3.98. The van der Waals surface area contributed by atoms with Crippen LogP contribution in [0.5, 0.6) is 0 Å². The van der Waals surface area contributed by atoms with Crippen LogP contribution in [-0.4, -0.2) is 34.9 Å². The monoisotopic (exact) mass is 333 g/mol. The third kappa shape index (κ3) is 3.45. The Hall–Kier alpha value is -0.940. The molecule has 23 heavy (non-hydrogen) atoms. The quantitative estimate of drug-likeness (QED) is 0.871. The molecule has 1 aromatic heterocycles. The van der Waals surface area contributed by atoms with Crippen molar-refractivity contribution in [1.29, 1.82) is 0 Å². The molecule has 1 saturated heterocycles. The molecule has 1 aliphatic heterocycles. The van der Waals surface area contributed by atoms with E-state index in [1.165, 1.54) is 30.0 Å². The highest BCUT2D eigenvalue weighted by atomic mass is 32.1. The Labute approximate surface area is 142 Å². The maximum atomic E-state index is 12.3. The van der Waals surface area contributed by atoms with Gasteiger partial charge in [0.05, 0.1) is 10.7 Å². The molecule has 0 aromatic carbocycles. The van der Waals surface area contributed by atoms with Crippen LogP contribution in [0.15, 0.2) is 5.38 Å². The van der Waals surface area contributed by atoms with E-state index < -0.39 is 0 Å². The summed E-state index contributed by atoms with van der Waals surface area (Å²) in [6.45, 7) is 5.22. The molecule has 2 saturated carbocycles. The molecule has 5 heteroatoms. The maximum absolute atomic E-state index is 12.3. The molecule has 0 bridgehead atoms. The van der Waals surface area contributed by atoms with E-state index in [-0.39, 0.29) is 0 Å². The number of nitrogens with zero attached hydrogens (tertiary/aromatic N) is 2. The number of thiazole rings is 1. The van der Waals surface area contributed by atoms with E-state index in [1.54, 1.807) is 11.3 Å². The van der Waals surface area contributed by atoms with Gasteiger partial charge >= 0.3 is 0 Å².